The number of carbonyl (C=O) groups excluding carboxylic acids is 1. The number of amides is 1. The Morgan fingerprint density at radius 2 is 2.00 bits per heavy atom. The number of H-pyrrole nitrogens is 1. The van der Waals surface area contributed by atoms with Crippen molar-refractivity contribution in [3.8, 4) is 0 Å². The van der Waals surface area contributed by atoms with E-state index in [1.807, 2.05) is 18.2 Å². The molecule has 1 saturated carbocycles. The molecule has 0 spiro atoms. The Labute approximate surface area is 182 Å². The van der Waals surface area contributed by atoms with Gasteiger partial charge >= 0.3 is 0 Å². The SMILES string of the molecule is C[C@@H](CN1CCC(c2nc3ccc(F)cc3[nH]2)CC1)NC(=O)[C@H]1CC1c1ccccc1. The molecule has 1 saturated heterocycles. The Morgan fingerprint density at radius 1 is 1.23 bits per heavy atom. The van der Waals surface area contributed by atoms with Gasteiger partial charge in [-0.25, -0.2) is 9.37 Å². The van der Waals surface area contributed by atoms with Crippen LogP contribution in [0.4, 0.5) is 4.39 Å². The van der Waals surface area contributed by atoms with Gasteiger partial charge in [-0.05, 0) is 69.0 Å². The van der Waals surface area contributed by atoms with E-state index in [0.717, 1.165) is 55.8 Å². The molecule has 0 bridgehead atoms. The van der Waals surface area contributed by atoms with Crippen LogP contribution in [0.25, 0.3) is 11.0 Å². The van der Waals surface area contributed by atoms with Crippen LogP contribution in [-0.2, 0) is 4.79 Å². The second kappa shape index (κ2) is 8.42. The number of aromatic nitrogens is 2. The third-order valence-electron chi connectivity index (χ3n) is 6.71. The van der Waals surface area contributed by atoms with Gasteiger partial charge in [0.2, 0.25) is 5.91 Å². The number of aromatic amines is 1. The first-order valence-electron chi connectivity index (χ1n) is 11.3. The van der Waals surface area contributed by atoms with E-state index in [9.17, 15) is 9.18 Å². The summed E-state index contributed by atoms with van der Waals surface area (Å²) >= 11 is 0. The molecule has 1 aromatic heterocycles. The maximum absolute atomic E-state index is 13.4. The van der Waals surface area contributed by atoms with Crippen molar-refractivity contribution in [1.82, 2.24) is 20.2 Å². The van der Waals surface area contributed by atoms with E-state index in [-0.39, 0.29) is 23.7 Å². The largest absolute Gasteiger partial charge is 0.352 e. The molecule has 5 nitrogen and oxygen atoms in total. The van der Waals surface area contributed by atoms with E-state index in [0.29, 0.717) is 11.8 Å². The van der Waals surface area contributed by atoms with E-state index >= 15 is 0 Å². The van der Waals surface area contributed by atoms with Gasteiger partial charge in [-0.1, -0.05) is 30.3 Å². The lowest BCUT2D eigenvalue weighted by Crippen LogP contribution is -2.45. The van der Waals surface area contributed by atoms with Crippen molar-refractivity contribution in [2.24, 2.45) is 5.92 Å². The average molecular weight is 421 g/mol. The molecule has 0 radical (unpaired) electrons. The number of hydrogen-bond donors (Lipinski definition) is 2. The van der Waals surface area contributed by atoms with Gasteiger partial charge in [0.15, 0.2) is 0 Å². The van der Waals surface area contributed by atoms with Crippen molar-refractivity contribution in [3.63, 3.8) is 0 Å². The standard InChI is InChI=1S/C25H29FN4O/c1-16(27-25(31)21-14-20(21)17-5-3-2-4-6-17)15-30-11-9-18(10-12-30)24-28-22-8-7-19(26)13-23(22)29-24/h2-8,13,16,18,20-21H,9-12,14-15H2,1H3,(H,27,31)(H,28,29)/t16-,20?,21-/m0/s1. The molecular formula is C25H29FN4O. The van der Waals surface area contributed by atoms with Crippen molar-refractivity contribution in [1.29, 1.82) is 0 Å². The Bertz CT molecular complexity index is 1060. The van der Waals surface area contributed by atoms with Crippen LogP contribution < -0.4 is 5.32 Å². The molecule has 3 aromatic rings. The molecule has 2 heterocycles. The van der Waals surface area contributed by atoms with Gasteiger partial charge in [-0.3, -0.25) is 4.79 Å². The molecule has 1 aliphatic carbocycles. The zero-order valence-electron chi connectivity index (χ0n) is 17.9. The summed E-state index contributed by atoms with van der Waals surface area (Å²) in [6, 6.07) is 15.1. The minimum Gasteiger partial charge on any atom is -0.352 e. The number of nitrogens with one attached hydrogen (secondary N) is 2. The van der Waals surface area contributed by atoms with Crippen LogP contribution in [0.1, 0.15) is 49.4 Å². The summed E-state index contributed by atoms with van der Waals surface area (Å²) in [7, 11) is 0. The van der Waals surface area contributed by atoms with Crippen molar-refractivity contribution in [2.75, 3.05) is 19.6 Å². The minimum absolute atomic E-state index is 0.119. The van der Waals surface area contributed by atoms with Gasteiger partial charge in [-0.15, -0.1) is 0 Å². The molecule has 2 fully saturated rings. The van der Waals surface area contributed by atoms with Crippen LogP contribution in [0, 0.1) is 11.7 Å². The number of hydrogen-bond acceptors (Lipinski definition) is 3. The molecular weight excluding hydrogens is 391 g/mol. The normalized spacial score (nSPS) is 23.0. The van der Waals surface area contributed by atoms with Crippen LogP contribution in [0.3, 0.4) is 0 Å². The molecule has 162 valence electrons. The van der Waals surface area contributed by atoms with Crippen LogP contribution in [0.5, 0.6) is 0 Å². The zero-order chi connectivity index (χ0) is 21.4. The molecule has 5 rings (SSSR count). The number of fused-ring (bicyclic) bond motifs is 1. The Kier molecular flexibility index (Phi) is 5.48. The number of nitrogens with zero attached hydrogens (tertiary/aromatic N) is 2. The van der Waals surface area contributed by atoms with Crippen molar-refractivity contribution >= 4 is 16.9 Å². The number of likely N-dealkylation sites (tertiary alicyclic amines) is 1. The van der Waals surface area contributed by atoms with Gasteiger partial charge in [-0.2, -0.15) is 0 Å². The van der Waals surface area contributed by atoms with Gasteiger partial charge in [0, 0.05) is 24.4 Å². The van der Waals surface area contributed by atoms with Gasteiger partial charge < -0.3 is 15.2 Å². The average Bonchev–Trinajstić information content (AvgIpc) is 3.47. The highest BCUT2D eigenvalue weighted by atomic mass is 19.1. The molecule has 2 aliphatic rings. The third-order valence-corrected chi connectivity index (χ3v) is 6.71. The van der Waals surface area contributed by atoms with Crippen LogP contribution in [0.2, 0.25) is 0 Å². The summed E-state index contributed by atoms with van der Waals surface area (Å²) in [5.41, 5.74) is 2.86. The summed E-state index contributed by atoms with van der Waals surface area (Å²) in [6.07, 6.45) is 2.98. The second-order valence-corrected chi connectivity index (χ2v) is 9.13. The van der Waals surface area contributed by atoms with Crippen LogP contribution >= 0.6 is 0 Å². The molecule has 2 N–H and O–H groups in total. The van der Waals surface area contributed by atoms with Crippen molar-refractivity contribution < 1.29 is 9.18 Å². The van der Waals surface area contributed by atoms with E-state index in [1.165, 1.54) is 17.7 Å². The van der Waals surface area contributed by atoms with E-state index in [4.69, 9.17) is 0 Å². The third kappa shape index (κ3) is 4.49. The van der Waals surface area contributed by atoms with E-state index in [1.54, 1.807) is 6.07 Å². The van der Waals surface area contributed by atoms with Crippen molar-refractivity contribution in [3.05, 3.63) is 65.7 Å². The molecule has 1 unspecified atom stereocenters. The fourth-order valence-electron chi connectivity index (χ4n) is 4.92. The lowest BCUT2D eigenvalue weighted by molar-refractivity contribution is -0.123. The highest BCUT2D eigenvalue weighted by molar-refractivity contribution is 5.83. The Hall–Kier alpha value is -2.73. The maximum atomic E-state index is 13.4. The lowest BCUT2D eigenvalue weighted by Gasteiger charge is -2.33. The number of rotatable bonds is 6. The van der Waals surface area contributed by atoms with E-state index in [2.05, 4.69) is 39.2 Å². The van der Waals surface area contributed by atoms with E-state index < -0.39 is 0 Å². The molecule has 6 heteroatoms. The topological polar surface area (TPSA) is 61.0 Å². The summed E-state index contributed by atoms with van der Waals surface area (Å²) in [4.78, 5) is 23.0. The maximum Gasteiger partial charge on any atom is 0.224 e. The molecule has 31 heavy (non-hydrogen) atoms. The van der Waals surface area contributed by atoms with Gasteiger partial charge in [0.1, 0.15) is 11.6 Å². The van der Waals surface area contributed by atoms with Gasteiger partial charge in [0.05, 0.1) is 11.0 Å². The van der Waals surface area contributed by atoms with Gasteiger partial charge in [0.25, 0.3) is 0 Å². The van der Waals surface area contributed by atoms with Crippen molar-refractivity contribution in [2.45, 2.75) is 44.1 Å². The number of carbonyl (C=O) groups is 1. The monoisotopic (exact) mass is 420 g/mol. The summed E-state index contributed by atoms with van der Waals surface area (Å²) in [5, 5.41) is 3.22. The highest BCUT2D eigenvalue weighted by Gasteiger charge is 2.44. The molecule has 1 amide bonds. The number of piperidine rings is 1. The molecule has 1 aliphatic heterocycles. The van der Waals surface area contributed by atoms with Crippen LogP contribution in [0.15, 0.2) is 48.5 Å². The predicted octanol–water partition coefficient (Wildman–Crippen LogP) is 4.19. The first kappa shape index (κ1) is 20.2. The summed E-state index contributed by atoms with van der Waals surface area (Å²) < 4.78 is 13.4. The number of imidazole rings is 1. The predicted molar refractivity (Wildman–Crippen MR) is 119 cm³/mol. The number of benzene rings is 2. The fourth-order valence-corrected chi connectivity index (χ4v) is 4.92. The second-order valence-electron chi connectivity index (χ2n) is 9.13. The molecule has 2 aromatic carbocycles. The zero-order valence-corrected chi connectivity index (χ0v) is 17.9. The lowest BCUT2D eigenvalue weighted by atomic mass is 9.96. The number of halogens is 1. The summed E-state index contributed by atoms with van der Waals surface area (Å²) in [5.74, 6) is 1.77. The molecule has 3 atom stereocenters. The Morgan fingerprint density at radius 3 is 2.77 bits per heavy atom. The summed E-state index contributed by atoms with van der Waals surface area (Å²) in [6.45, 7) is 4.92. The first-order chi connectivity index (χ1) is 15.1. The van der Waals surface area contributed by atoms with Crippen LogP contribution in [-0.4, -0.2) is 46.5 Å². The fraction of sp³-hybridized carbons (Fsp3) is 0.440. The first-order valence-corrected chi connectivity index (χ1v) is 11.3. The Balaban J connectivity index is 1.09. The smallest absolute Gasteiger partial charge is 0.224 e. The highest BCUT2D eigenvalue weighted by Crippen LogP contribution is 2.47. The minimum atomic E-state index is -0.241. The quantitative estimate of drug-likeness (QED) is 0.629.